The highest BCUT2D eigenvalue weighted by Crippen LogP contribution is 2.25. The molecule has 0 aliphatic heterocycles. The maximum atomic E-state index is 6.35. The Morgan fingerprint density at radius 1 is 1.32 bits per heavy atom. The second kappa shape index (κ2) is 6.27. The summed E-state index contributed by atoms with van der Waals surface area (Å²) < 4.78 is 1.92. The van der Waals surface area contributed by atoms with Crippen LogP contribution in [-0.4, -0.2) is 21.9 Å². The van der Waals surface area contributed by atoms with Crippen molar-refractivity contribution >= 4 is 11.6 Å². The molecular weight excluding hydrogens is 258 g/mol. The van der Waals surface area contributed by atoms with Crippen molar-refractivity contribution in [2.45, 2.75) is 53.5 Å². The average molecular weight is 286 g/mol. The van der Waals surface area contributed by atoms with Crippen molar-refractivity contribution in [2.24, 2.45) is 18.9 Å². The fourth-order valence-corrected chi connectivity index (χ4v) is 2.37. The maximum absolute atomic E-state index is 6.35. The molecule has 0 saturated carbocycles. The molecule has 0 spiro atoms. The van der Waals surface area contributed by atoms with Crippen LogP contribution < -0.4 is 5.32 Å². The molecule has 1 aromatic heterocycles. The van der Waals surface area contributed by atoms with E-state index in [1.807, 2.05) is 18.7 Å². The monoisotopic (exact) mass is 285 g/mol. The molecule has 0 saturated heterocycles. The van der Waals surface area contributed by atoms with Gasteiger partial charge in [0.2, 0.25) is 0 Å². The quantitative estimate of drug-likeness (QED) is 0.896. The van der Waals surface area contributed by atoms with E-state index < -0.39 is 0 Å². The molecule has 0 bridgehead atoms. The Balaban J connectivity index is 2.79. The molecule has 19 heavy (non-hydrogen) atoms. The molecule has 3 nitrogen and oxygen atoms in total. The van der Waals surface area contributed by atoms with Crippen LogP contribution in [0.1, 0.15) is 46.0 Å². The summed E-state index contributed by atoms with van der Waals surface area (Å²) in [7, 11) is 1.97. The molecule has 4 heteroatoms. The SMILES string of the molecule is Cc1nn(C)c(CC(CNC(C)(C)C)C(C)C)c1Cl. The molecule has 110 valence electrons. The summed E-state index contributed by atoms with van der Waals surface area (Å²) in [4.78, 5) is 0. The molecule has 0 fully saturated rings. The van der Waals surface area contributed by atoms with E-state index in [-0.39, 0.29) is 5.54 Å². The maximum Gasteiger partial charge on any atom is 0.0847 e. The van der Waals surface area contributed by atoms with Crippen LogP contribution in [-0.2, 0) is 13.5 Å². The van der Waals surface area contributed by atoms with E-state index in [1.165, 1.54) is 0 Å². The lowest BCUT2D eigenvalue weighted by molar-refractivity contribution is 0.308. The Labute approximate surface area is 122 Å². The van der Waals surface area contributed by atoms with Gasteiger partial charge >= 0.3 is 0 Å². The summed E-state index contributed by atoms with van der Waals surface area (Å²) >= 11 is 6.35. The van der Waals surface area contributed by atoms with Gasteiger partial charge in [0.25, 0.3) is 0 Å². The number of halogens is 1. The second-order valence-corrected chi connectivity index (χ2v) is 7.19. The number of rotatable bonds is 5. The minimum Gasteiger partial charge on any atom is -0.312 e. The van der Waals surface area contributed by atoms with Crippen molar-refractivity contribution in [3.8, 4) is 0 Å². The van der Waals surface area contributed by atoms with Gasteiger partial charge in [-0.3, -0.25) is 4.68 Å². The number of aromatic nitrogens is 2. The van der Waals surface area contributed by atoms with Crippen molar-refractivity contribution in [1.82, 2.24) is 15.1 Å². The summed E-state index contributed by atoms with van der Waals surface area (Å²) in [6.45, 7) is 14.1. The van der Waals surface area contributed by atoms with E-state index in [1.54, 1.807) is 0 Å². The molecular formula is C15H28ClN3. The Bertz CT molecular complexity index is 416. The molecule has 1 atom stereocenters. The van der Waals surface area contributed by atoms with Gasteiger partial charge in [0, 0.05) is 12.6 Å². The predicted molar refractivity (Wildman–Crippen MR) is 82.7 cm³/mol. The van der Waals surface area contributed by atoms with Crippen molar-refractivity contribution in [1.29, 1.82) is 0 Å². The topological polar surface area (TPSA) is 29.9 Å². The molecule has 0 aliphatic rings. The van der Waals surface area contributed by atoms with Crippen LogP contribution in [0, 0.1) is 18.8 Å². The average Bonchev–Trinajstić information content (AvgIpc) is 2.48. The van der Waals surface area contributed by atoms with Gasteiger partial charge < -0.3 is 5.32 Å². The molecule has 1 heterocycles. The highest BCUT2D eigenvalue weighted by molar-refractivity contribution is 6.31. The molecule has 0 radical (unpaired) electrons. The second-order valence-electron chi connectivity index (χ2n) is 6.81. The zero-order valence-electron chi connectivity index (χ0n) is 13.3. The zero-order valence-corrected chi connectivity index (χ0v) is 14.1. The third-order valence-electron chi connectivity index (χ3n) is 3.55. The normalized spacial score (nSPS) is 14.2. The first-order chi connectivity index (χ1) is 8.61. The van der Waals surface area contributed by atoms with Crippen LogP contribution in [0.2, 0.25) is 5.02 Å². The Morgan fingerprint density at radius 2 is 1.89 bits per heavy atom. The van der Waals surface area contributed by atoms with Crippen LogP contribution >= 0.6 is 11.6 Å². The molecule has 0 amide bonds. The minimum atomic E-state index is 0.152. The summed E-state index contributed by atoms with van der Waals surface area (Å²) in [5.74, 6) is 1.17. The molecule has 1 rings (SSSR count). The Morgan fingerprint density at radius 3 is 2.26 bits per heavy atom. The lowest BCUT2D eigenvalue weighted by Crippen LogP contribution is -2.40. The highest BCUT2D eigenvalue weighted by Gasteiger charge is 2.21. The van der Waals surface area contributed by atoms with Gasteiger partial charge in [-0.1, -0.05) is 25.4 Å². The fraction of sp³-hybridized carbons (Fsp3) is 0.800. The molecule has 1 aromatic rings. The highest BCUT2D eigenvalue weighted by atomic mass is 35.5. The van der Waals surface area contributed by atoms with Crippen LogP contribution in [0.4, 0.5) is 0 Å². The zero-order chi connectivity index (χ0) is 14.8. The van der Waals surface area contributed by atoms with E-state index in [2.05, 4.69) is 45.0 Å². The smallest absolute Gasteiger partial charge is 0.0847 e. The van der Waals surface area contributed by atoms with E-state index >= 15 is 0 Å². The lowest BCUT2D eigenvalue weighted by atomic mass is 9.90. The van der Waals surface area contributed by atoms with E-state index in [0.717, 1.165) is 29.4 Å². The van der Waals surface area contributed by atoms with Gasteiger partial charge in [-0.15, -0.1) is 0 Å². The first-order valence-corrected chi connectivity index (χ1v) is 7.42. The summed E-state index contributed by atoms with van der Waals surface area (Å²) in [6, 6.07) is 0. The number of aryl methyl sites for hydroxylation is 2. The third kappa shape index (κ3) is 4.81. The van der Waals surface area contributed by atoms with Crippen LogP contribution in [0.15, 0.2) is 0 Å². The van der Waals surface area contributed by atoms with E-state index in [9.17, 15) is 0 Å². The summed E-state index contributed by atoms with van der Waals surface area (Å²) in [5, 5.41) is 8.82. The standard InChI is InChI=1S/C15H28ClN3/c1-10(2)12(9-17-15(4,5)6)8-13-14(16)11(3)18-19(13)7/h10,12,17H,8-9H2,1-7H3. The number of hydrogen-bond acceptors (Lipinski definition) is 2. The van der Waals surface area contributed by atoms with Crippen molar-refractivity contribution in [2.75, 3.05) is 6.54 Å². The minimum absolute atomic E-state index is 0.152. The van der Waals surface area contributed by atoms with Crippen molar-refractivity contribution in [3.63, 3.8) is 0 Å². The van der Waals surface area contributed by atoms with Gasteiger partial charge in [-0.2, -0.15) is 5.10 Å². The van der Waals surface area contributed by atoms with Gasteiger partial charge in [0.15, 0.2) is 0 Å². The van der Waals surface area contributed by atoms with Crippen LogP contribution in [0.25, 0.3) is 0 Å². The Hall–Kier alpha value is -0.540. The fourth-order valence-electron chi connectivity index (χ4n) is 2.13. The van der Waals surface area contributed by atoms with Gasteiger partial charge in [-0.05, 0) is 52.5 Å². The summed E-state index contributed by atoms with van der Waals surface area (Å²) in [5.41, 5.74) is 2.22. The van der Waals surface area contributed by atoms with Gasteiger partial charge in [0.1, 0.15) is 0 Å². The third-order valence-corrected chi connectivity index (χ3v) is 4.05. The van der Waals surface area contributed by atoms with Crippen LogP contribution in [0.3, 0.4) is 0 Å². The van der Waals surface area contributed by atoms with E-state index in [0.29, 0.717) is 11.8 Å². The summed E-state index contributed by atoms with van der Waals surface area (Å²) in [6.07, 6.45) is 0.969. The Kier molecular flexibility index (Phi) is 5.45. The van der Waals surface area contributed by atoms with Crippen LogP contribution in [0.5, 0.6) is 0 Å². The first-order valence-electron chi connectivity index (χ1n) is 7.05. The molecule has 1 N–H and O–H groups in total. The number of nitrogens with one attached hydrogen (secondary N) is 1. The molecule has 0 aliphatic carbocycles. The first kappa shape index (κ1) is 16.5. The molecule has 1 unspecified atom stereocenters. The predicted octanol–water partition coefficient (Wildman–Crippen LogP) is 3.58. The largest absolute Gasteiger partial charge is 0.312 e. The molecule has 0 aromatic carbocycles. The lowest BCUT2D eigenvalue weighted by Gasteiger charge is -2.27. The number of nitrogens with zero attached hydrogens (tertiary/aromatic N) is 2. The number of hydrogen-bond donors (Lipinski definition) is 1. The van der Waals surface area contributed by atoms with Gasteiger partial charge in [0.05, 0.1) is 16.4 Å². The van der Waals surface area contributed by atoms with Crippen molar-refractivity contribution in [3.05, 3.63) is 16.4 Å². The van der Waals surface area contributed by atoms with Crippen molar-refractivity contribution < 1.29 is 0 Å². The van der Waals surface area contributed by atoms with E-state index in [4.69, 9.17) is 11.6 Å². The van der Waals surface area contributed by atoms with Gasteiger partial charge in [-0.25, -0.2) is 0 Å².